The summed E-state index contributed by atoms with van der Waals surface area (Å²) in [5.74, 6) is -0.451. The topological polar surface area (TPSA) is 95.9 Å². The summed E-state index contributed by atoms with van der Waals surface area (Å²) in [5.41, 5.74) is 0. The minimum Gasteiger partial charge on any atom is -0.462 e. The summed E-state index contributed by atoms with van der Waals surface area (Å²) in [6.45, 7) is 6.51. The van der Waals surface area contributed by atoms with E-state index in [1.54, 1.807) is 0 Å². The first-order chi connectivity index (χ1) is 29.0. The molecule has 6 nitrogen and oxygen atoms in total. The molecule has 3 unspecified atom stereocenters. The van der Waals surface area contributed by atoms with Gasteiger partial charge in [-0.15, -0.1) is 0 Å². The van der Waals surface area contributed by atoms with E-state index in [9.17, 15) is 19.8 Å². The molecule has 6 heteroatoms. The number of hydrogen-bond acceptors (Lipinski definition) is 5. The van der Waals surface area contributed by atoms with E-state index in [1.165, 1.54) is 212 Å². The quantitative estimate of drug-likeness (QED) is 0.0419. The Morgan fingerprint density at radius 3 is 1.03 bits per heavy atom. The van der Waals surface area contributed by atoms with E-state index in [0.29, 0.717) is 19.3 Å². The van der Waals surface area contributed by atoms with Gasteiger partial charge in [0.2, 0.25) is 5.91 Å². The van der Waals surface area contributed by atoms with Crippen LogP contribution in [0.2, 0.25) is 0 Å². The fourth-order valence-electron chi connectivity index (χ4n) is 8.61. The molecule has 3 atom stereocenters. The van der Waals surface area contributed by atoms with Gasteiger partial charge in [0.25, 0.3) is 0 Å². The first kappa shape index (κ1) is 57.9. The molecule has 0 saturated heterocycles. The molecule has 0 aromatic heterocycles. The second kappa shape index (κ2) is 47.9. The highest BCUT2D eigenvalue weighted by atomic mass is 16.5. The lowest BCUT2D eigenvalue weighted by atomic mass is 10.0. The van der Waals surface area contributed by atoms with Crippen molar-refractivity contribution in [3.8, 4) is 0 Å². The summed E-state index contributed by atoms with van der Waals surface area (Å²) >= 11 is 0. The van der Waals surface area contributed by atoms with Crippen LogP contribution < -0.4 is 5.32 Å². The van der Waals surface area contributed by atoms with Crippen LogP contribution in [0.5, 0.6) is 0 Å². The van der Waals surface area contributed by atoms with Crippen molar-refractivity contribution in [2.24, 2.45) is 0 Å². The fourth-order valence-corrected chi connectivity index (χ4v) is 8.61. The highest BCUT2D eigenvalue weighted by Gasteiger charge is 2.24. The molecule has 59 heavy (non-hydrogen) atoms. The van der Waals surface area contributed by atoms with Crippen LogP contribution >= 0.6 is 0 Å². The van der Waals surface area contributed by atoms with E-state index in [2.05, 4.69) is 26.1 Å². The highest BCUT2D eigenvalue weighted by molar-refractivity contribution is 5.77. The minimum absolute atomic E-state index is 0.0879. The van der Waals surface area contributed by atoms with Crippen LogP contribution in [0.1, 0.15) is 303 Å². The fraction of sp³-hybridized carbons (Fsp3) is 0.962. The molecular weight excluding hydrogens is 731 g/mol. The number of rotatable bonds is 49. The SMILES string of the molecule is CCCCCCCCCCCCCCCCCCC(CC(=O)NC(CO)C(O)CCCCCCCCCCCCCCCC)OC(=O)CCCCCCCCCCCC. The summed E-state index contributed by atoms with van der Waals surface area (Å²) in [6.07, 6.45) is 51.6. The number of hydrogen-bond donors (Lipinski definition) is 3. The average molecular weight is 836 g/mol. The average Bonchev–Trinajstić information content (AvgIpc) is 3.23. The van der Waals surface area contributed by atoms with E-state index in [0.717, 1.165) is 44.9 Å². The van der Waals surface area contributed by atoms with Crippen molar-refractivity contribution >= 4 is 11.9 Å². The molecule has 0 fully saturated rings. The Hall–Kier alpha value is -1.14. The van der Waals surface area contributed by atoms with Crippen LogP contribution in [-0.4, -0.2) is 46.9 Å². The van der Waals surface area contributed by atoms with Crippen LogP contribution in [0.3, 0.4) is 0 Å². The largest absolute Gasteiger partial charge is 0.462 e. The Kier molecular flexibility index (Phi) is 47.0. The maximum atomic E-state index is 13.2. The van der Waals surface area contributed by atoms with Gasteiger partial charge in [-0.25, -0.2) is 0 Å². The van der Waals surface area contributed by atoms with Crippen molar-refractivity contribution in [3.63, 3.8) is 0 Å². The highest BCUT2D eigenvalue weighted by Crippen LogP contribution is 2.19. The Morgan fingerprint density at radius 2 is 0.712 bits per heavy atom. The first-order valence-electron chi connectivity index (χ1n) is 26.8. The molecule has 0 aliphatic rings. The van der Waals surface area contributed by atoms with Gasteiger partial charge in [-0.3, -0.25) is 9.59 Å². The molecular formula is C53H105NO5. The normalized spacial score (nSPS) is 13.1. The van der Waals surface area contributed by atoms with Crippen LogP contribution in [-0.2, 0) is 14.3 Å². The molecule has 3 N–H and O–H groups in total. The van der Waals surface area contributed by atoms with E-state index in [4.69, 9.17) is 4.74 Å². The zero-order chi connectivity index (χ0) is 43.1. The van der Waals surface area contributed by atoms with Crippen molar-refractivity contribution in [2.45, 2.75) is 322 Å². The number of aliphatic hydroxyl groups is 2. The van der Waals surface area contributed by atoms with Gasteiger partial charge in [0.15, 0.2) is 0 Å². The number of esters is 1. The maximum absolute atomic E-state index is 13.2. The van der Waals surface area contributed by atoms with Crippen molar-refractivity contribution < 1.29 is 24.5 Å². The third-order valence-electron chi connectivity index (χ3n) is 12.7. The lowest BCUT2D eigenvalue weighted by Gasteiger charge is -2.24. The molecule has 1 amide bonds. The van der Waals surface area contributed by atoms with E-state index in [1.807, 2.05) is 0 Å². The van der Waals surface area contributed by atoms with Crippen LogP contribution in [0, 0.1) is 0 Å². The smallest absolute Gasteiger partial charge is 0.306 e. The Balaban J connectivity index is 4.47. The molecule has 0 bridgehead atoms. The molecule has 0 rings (SSSR count). The van der Waals surface area contributed by atoms with E-state index in [-0.39, 0.29) is 24.9 Å². The summed E-state index contributed by atoms with van der Waals surface area (Å²) in [4.78, 5) is 26.1. The number of nitrogens with one attached hydrogen (secondary N) is 1. The lowest BCUT2D eigenvalue weighted by molar-refractivity contribution is -0.151. The number of ether oxygens (including phenoxy) is 1. The standard InChI is InChI=1S/C53H105NO5/c1-4-7-10-13-16-19-22-24-26-27-28-30-32-35-38-41-44-49(59-53(58)46-43-40-37-34-21-18-15-12-9-6-3)47-52(57)54-50(48-55)51(56)45-42-39-36-33-31-29-25-23-20-17-14-11-8-5-2/h49-51,55-56H,4-48H2,1-3H3,(H,54,57). The van der Waals surface area contributed by atoms with Gasteiger partial charge in [0.05, 0.1) is 25.2 Å². The monoisotopic (exact) mass is 836 g/mol. The van der Waals surface area contributed by atoms with Gasteiger partial charge in [-0.1, -0.05) is 265 Å². The molecule has 0 aromatic rings. The lowest BCUT2D eigenvalue weighted by Crippen LogP contribution is -2.46. The van der Waals surface area contributed by atoms with Gasteiger partial charge < -0.3 is 20.3 Å². The van der Waals surface area contributed by atoms with Gasteiger partial charge in [0.1, 0.15) is 6.10 Å². The number of amides is 1. The Morgan fingerprint density at radius 1 is 0.424 bits per heavy atom. The molecule has 0 aromatic carbocycles. The number of unbranched alkanes of at least 4 members (excludes halogenated alkanes) is 37. The number of carbonyl (C=O) groups is 2. The number of aliphatic hydroxyl groups excluding tert-OH is 2. The third kappa shape index (κ3) is 43.3. The van der Waals surface area contributed by atoms with Crippen LogP contribution in [0.15, 0.2) is 0 Å². The van der Waals surface area contributed by atoms with Crippen LogP contribution in [0.4, 0.5) is 0 Å². The Bertz CT molecular complexity index is 852. The van der Waals surface area contributed by atoms with Gasteiger partial charge >= 0.3 is 5.97 Å². The molecule has 0 aliphatic carbocycles. The predicted molar refractivity (Wildman–Crippen MR) is 255 cm³/mol. The Labute approximate surface area is 368 Å². The second-order valence-corrected chi connectivity index (χ2v) is 18.6. The summed E-state index contributed by atoms with van der Waals surface area (Å²) in [5, 5.41) is 23.8. The summed E-state index contributed by atoms with van der Waals surface area (Å²) in [7, 11) is 0. The van der Waals surface area contributed by atoms with E-state index < -0.39 is 18.2 Å². The van der Waals surface area contributed by atoms with Crippen molar-refractivity contribution in [3.05, 3.63) is 0 Å². The molecule has 352 valence electrons. The zero-order valence-corrected chi connectivity index (χ0v) is 40.2. The van der Waals surface area contributed by atoms with Gasteiger partial charge in [0, 0.05) is 6.42 Å². The first-order valence-corrected chi connectivity index (χ1v) is 26.8. The van der Waals surface area contributed by atoms with E-state index >= 15 is 0 Å². The van der Waals surface area contributed by atoms with Crippen molar-refractivity contribution in [2.75, 3.05) is 6.61 Å². The molecule has 0 spiro atoms. The summed E-state index contributed by atoms with van der Waals surface area (Å²) < 4.78 is 5.94. The van der Waals surface area contributed by atoms with Crippen molar-refractivity contribution in [1.29, 1.82) is 0 Å². The molecule has 0 saturated carbocycles. The molecule has 0 radical (unpaired) electrons. The van der Waals surface area contributed by atoms with Gasteiger partial charge in [-0.2, -0.15) is 0 Å². The minimum atomic E-state index is -0.779. The summed E-state index contributed by atoms with van der Waals surface area (Å²) in [6, 6.07) is -0.692. The predicted octanol–water partition coefficient (Wildman–Crippen LogP) is 16.0. The van der Waals surface area contributed by atoms with Crippen molar-refractivity contribution in [1.82, 2.24) is 5.32 Å². The van der Waals surface area contributed by atoms with Gasteiger partial charge in [-0.05, 0) is 25.7 Å². The molecule has 0 heterocycles. The maximum Gasteiger partial charge on any atom is 0.306 e. The third-order valence-corrected chi connectivity index (χ3v) is 12.7. The second-order valence-electron chi connectivity index (χ2n) is 18.6. The van der Waals surface area contributed by atoms with Crippen LogP contribution in [0.25, 0.3) is 0 Å². The zero-order valence-electron chi connectivity index (χ0n) is 40.2. The number of carbonyl (C=O) groups excluding carboxylic acids is 2. The molecule has 0 aliphatic heterocycles.